The van der Waals surface area contributed by atoms with E-state index in [9.17, 15) is 4.79 Å². The van der Waals surface area contributed by atoms with E-state index in [4.69, 9.17) is 5.41 Å². The van der Waals surface area contributed by atoms with E-state index in [1.165, 1.54) is 6.92 Å². The molecule has 0 aliphatic rings. The lowest BCUT2D eigenvalue weighted by atomic mass is 10.1. The third-order valence-corrected chi connectivity index (χ3v) is 2.44. The summed E-state index contributed by atoms with van der Waals surface area (Å²) in [6.45, 7) is 1.50. The van der Waals surface area contributed by atoms with Gasteiger partial charge < -0.3 is 5.41 Å². The van der Waals surface area contributed by atoms with E-state index in [1.54, 1.807) is 23.9 Å². The van der Waals surface area contributed by atoms with Gasteiger partial charge in [-0.1, -0.05) is 0 Å². The molecule has 0 spiro atoms. The van der Waals surface area contributed by atoms with Crippen molar-refractivity contribution in [2.24, 2.45) is 0 Å². The predicted molar refractivity (Wildman–Crippen MR) is 56.0 cm³/mol. The summed E-state index contributed by atoms with van der Waals surface area (Å²) < 4.78 is 0. The molecule has 0 aromatic heterocycles. The zero-order valence-electron chi connectivity index (χ0n) is 7.63. The van der Waals surface area contributed by atoms with Crippen LogP contribution in [-0.2, 0) is 0 Å². The van der Waals surface area contributed by atoms with Crippen LogP contribution in [0.25, 0.3) is 0 Å². The Kier molecular flexibility index (Phi) is 3.25. The summed E-state index contributed by atoms with van der Waals surface area (Å²) in [7, 11) is 0. The van der Waals surface area contributed by atoms with Crippen molar-refractivity contribution in [2.75, 3.05) is 6.26 Å². The summed E-state index contributed by atoms with van der Waals surface area (Å²) in [4.78, 5) is 12.4. The van der Waals surface area contributed by atoms with Crippen molar-refractivity contribution < 1.29 is 4.79 Å². The molecule has 1 aromatic rings. The maximum atomic E-state index is 11.3. The van der Waals surface area contributed by atoms with E-state index < -0.39 is 0 Å². The van der Waals surface area contributed by atoms with Crippen molar-refractivity contribution in [1.29, 1.82) is 5.41 Å². The summed E-state index contributed by atoms with van der Waals surface area (Å²) in [5.41, 5.74) is 0.669. The molecule has 0 amide bonds. The van der Waals surface area contributed by atoms with Crippen molar-refractivity contribution >= 4 is 23.3 Å². The first kappa shape index (κ1) is 9.99. The van der Waals surface area contributed by atoms with E-state index in [0.717, 1.165) is 4.90 Å². The topological polar surface area (TPSA) is 40.9 Å². The molecule has 0 unspecified atom stereocenters. The van der Waals surface area contributed by atoms with Gasteiger partial charge in [-0.25, -0.2) is 0 Å². The summed E-state index contributed by atoms with van der Waals surface area (Å²) in [6, 6.07) is 7.29. The van der Waals surface area contributed by atoms with Crippen LogP contribution in [0.1, 0.15) is 17.3 Å². The fraction of sp³-hybridized carbons (Fsp3) is 0.200. The number of ketones is 1. The van der Waals surface area contributed by atoms with Gasteiger partial charge in [-0.3, -0.25) is 4.79 Å². The highest BCUT2D eigenvalue weighted by Gasteiger charge is 2.06. The minimum atomic E-state index is -0.201. The Hall–Kier alpha value is -1.09. The van der Waals surface area contributed by atoms with E-state index in [1.807, 2.05) is 18.4 Å². The normalized spacial score (nSPS) is 9.69. The maximum Gasteiger partial charge on any atom is 0.206 e. The number of carbonyl (C=O) groups excluding carboxylic acids is 1. The molecular weight excluding hydrogens is 182 g/mol. The van der Waals surface area contributed by atoms with Crippen LogP contribution >= 0.6 is 11.8 Å². The first-order valence-electron chi connectivity index (χ1n) is 3.89. The minimum absolute atomic E-state index is 0.0805. The van der Waals surface area contributed by atoms with Gasteiger partial charge in [0.25, 0.3) is 0 Å². The van der Waals surface area contributed by atoms with Crippen molar-refractivity contribution in [1.82, 2.24) is 0 Å². The lowest BCUT2D eigenvalue weighted by molar-refractivity contribution is 0.106. The quantitative estimate of drug-likeness (QED) is 0.455. The largest absolute Gasteiger partial charge is 0.302 e. The van der Waals surface area contributed by atoms with Gasteiger partial charge in [0.05, 0.1) is 5.71 Å². The first-order chi connectivity index (χ1) is 6.15. The standard InChI is InChI=1S/C10H11NOS/c1-7(11)10(12)8-3-5-9(13-2)6-4-8/h3-6,11H,1-2H3. The molecule has 1 aromatic carbocycles. The molecule has 1 N–H and O–H groups in total. The first-order valence-corrected chi connectivity index (χ1v) is 5.11. The van der Waals surface area contributed by atoms with Gasteiger partial charge in [0.2, 0.25) is 5.78 Å². The van der Waals surface area contributed by atoms with E-state index in [2.05, 4.69) is 0 Å². The average molecular weight is 193 g/mol. The van der Waals surface area contributed by atoms with Crippen molar-refractivity contribution in [3.63, 3.8) is 0 Å². The second-order valence-electron chi connectivity index (χ2n) is 2.68. The average Bonchev–Trinajstić information content (AvgIpc) is 2.17. The van der Waals surface area contributed by atoms with E-state index in [0.29, 0.717) is 5.56 Å². The second kappa shape index (κ2) is 4.23. The van der Waals surface area contributed by atoms with Crippen LogP contribution in [0.2, 0.25) is 0 Å². The smallest absolute Gasteiger partial charge is 0.206 e. The van der Waals surface area contributed by atoms with E-state index >= 15 is 0 Å². The number of hydrogen-bond acceptors (Lipinski definition) is 3. The molecule has 3 heteroatoms. The Morgan fingerprint density at radius 3 is 2.23 bits per heavy atom. The van der Waals surface area contributed by atoms with Crippen LogP contribution < -0.4 is 0 Å². The molecule has 68 valence electrons. The highest BCUT2D eigenvalue weighted by atomic mass is 32.2. The van der Waals surface area contributed by atoms with Gasteiger partial charge in [0.1, 0.15) is 0 Å². The molecule has 0 aliphatic heterocycles. The minimum Gasteiger partial charge on any atom is -0.302 e. The van der Waals surface area contributed by atoms with Crippen LogP contribution in [0.4, 0.5) is 0 Å². The molecular formula is C10H11NOS. The number of thioether (sulfide) groups is 1. The Morgan fingerprint density at radius 1 is 1.31 bits per heavy atom. The van der Waals surface area contributed by atoms with Crippen LogP contribution in [-0.4, -0.2) is 17.8 Å². The van der Waals surface area contributed by atoms with E-state index in [-0.39, 0.29) is 11.5 Å². The Bertz CT molecular complexity index is 329. The van der Waals surface area contributed by atoms with Crippen LogP contribution in [0.15, 0.2) is 29.2 Å². The summed E-state index contributed by atoms with van der Waals surface area (Å²) >= 11 is 1.63. The number of Topliss-reactive ketones (excluding diaryl/α,β-unsaturated/α-hetero) is 1. The third-order valence-electron chi connectivity index (χ3n) is 1.69. The molecule has 2 nitrogen and oxygen atoms in total. The Labute approximate surface area is 81.9 Å². The molecule has 0 heterocycles. The maximum absolute atomic E-state index is 11.3. The molecule has 0 saturated carbocycles. The third kappa shape index (κ3) is 2.42. The summed E-state index contributed by atoms with van der Waals surface area (Å²) in [5, 5.41) is 7.18. The zero-order valence-corrected chi connectivity index (χ0v) is 8.44. The SMILES string of the molecule is CSc1ccc(C(=O)C(C)=N)cc1. The lowest BCUT2D eigenvalue weighted by Gasteiger charge is -1.99. The second-order valence-corrected chi connectivity index (χ2v) is 3.56. The number of nitrogens with one attached hydrogen (secondary N) is 1. The molecule has 0 fully saturated rings. The number of carbonyl (C=O) groups is 1. The fourth-order valence-corrected chi connectivity index (χ4v) is 1.37. The van der Waals surface area contributed by atoms with Crippen molar-refractivity contribution in [2.45, 2.75) is 11.8 Å². The van der Waals surface area contributed by atoms with Crippen LogP contribution in [0.5, 0.6) is 0 Å². The predicted octanol–water partition coefficient (Wildman–Crippen LogP) is 2.63. The molecule has 0 bridgehead atoms. The summed E-state index contributed by atoms with van der Waals surface area (Å²) in [5.74, 6) is -0.201. The monoisotopic (exact) mass is 193 g/mol. The highest BCUT2D eigenvalue weighted by Crippen LogP contribution is 2.15. The van der Waals surface area contributed by atoms with Gasteiger partial charge in [-0.2, -0.15) is 0 Å². The fourth-order valence-electron chi connectivity index (χ4n) is 0.959. The number of benzene rings is 1. The summed E-state index contributed by atoms with van der Waals surface area (Å²) in [6.07, 6.45) is 1.98. The number of hydrogen-bond donors (Lipinski definition) is 1. The van der Waals surface area contributed by atoms with Crippen LogP contribution in [0.3, 0.4) is 0 Å². The van der Waals surface area contributed by atoms with Crippen molar-refractivity contribution in [3.05, 3.63) is 29.8 Å². The molecule has 13 heavy (non-hydrogen) atoms. The molecule has 1 rings (SSSR count). The molecule has 0 aliphatic carbocycles. The van der Waals surface area contributed by atoms with Gasteiger partial charge in [-0.05, 0) is 37.4 Å². The van der Waals surface area contributed by atoms with Gasteiger partial charge in [0.15, 0.2) is 0 Å². The van der Waals surface area contributed by atoms with Crippen LogP contribution in [0, 0.1) is 5.41 Å². The number of rotatable bonds is 3. The Morgan fingerprint density at radius 2 is 1.85 bits per heavy atom. The molecule has 0 saturated heterocycles. The zero-order chi connectivity index (χ0) is 9.84. The Balaban J connectivity index is 2.92. The van der Waals surface area contributed by atoms with Gasteiger partial charge >= 0.3 is 0 Å². The molecule has 0 atom stereocenters. The molecule has 0 radical (unpaired) electrons. The van der Waals surface area contributed by atoms with Crippen molar-refractivity contribution in [3.8, 4) is 0 Å². The lowest BCUT2D eigenvalue weighted by Crippen LogP contribution is -2.08. The van der Waals surface area contributed by atoms with Gasteiger partial charge in [0, 0.05) is 10.5 Å². The van der Waals surface area contributed by atoms with Gasteiger partial charge in [-0.15, -0.1) is 11.8 Å². The highest BCUT2D eigenvalue weighted by molar-refractivity contribution is 7.98.